The van der Waals surface area contributed by atoms with Crippen LogP contribution in [0.5, 0.6) is 0 Å². The molecule has 5 heteroatoms. The number of anilines is 1. The Balaban J connectivity index is 2.26. The van der Waals surface area contributed by atoms with Gasteiger partial charge in [0.15, 0.2) is 5.13 Å². The summed E-state index contributed by atoms with van der Waals surface area (Å²) in [5.41, 5.74) is 5.04. The van der Waals surface area contributed by atoms with Crippen molar-refractivity contribution in [1.82, 2.24) is 4.98 Å². The number of nitrogen functional groups attached to an aromatic ring is 1. The molecule has 2 heterocycles. The van der Waals surface area contributed by atoms with E-state index in [1.807, 2.05) is 0 Å². The van der Waals surface area contributed by atoms with Crippen molar-refractivity contribution in [3.05, 3.63) is 11.1 Å². The summed E-state index contributed by atoms with van der Waals surface area (Å²) in [5, 5.41) is 11.1. The van der Waals surface area contributed by atoms with Crippen LogP contribution in [-0.2, 0) is 5.60 Å². The van der Waals surface area contributed by atoms with Gasteiger partial charge >= 0.3 is 0 Å². The van der Waals surface area contributed by atoms with Gasteiger partial charge in [0, 0.05) is 11.9 Å². The zero-order chi connectivity index (χ0) is 11.1. The van der Waals surface area contributed by atoms with Gasteiger partial charge in [-0.1, -0.05) is 25.2 Å². The molecule has 0 aromatic carbocycles. The molecule has 1 atom stereocenters. The van der Waals surface area contributed by atoms with Crippen LogP contribution in [0.4, 0.5) is 5.13 Å². The summed E-state index contributed by atoms with van der Waals surface area (Å²) < 4.78 is 0. The van der Waals surface area contributed by atoms with E-state index in [9.17, 15) is 5.11 Å². The average Bonchev–Trinajstić information content (AvgIpc) is 2.49. The van der Waals surface area contributed by atoms with Crippen molar-refractivity contribution in [3.8, 4) is 0 Å². The normalized spacial score (nSPS) is 30.3. The minimum Gasteiger partial charge on any atom is -0.383 e. The topological polar surface area (TPSA) is 59.1 Å². The van der Waals surface area contributed by atoms with E-state index >= 15 is 0 Å². The molecule has 0 spiro atoms. The second kappa shape index (κ2) is 3.64. The number of rotatable bonds is 1. The fourth-order valence-electron chi connectivity index (χ4n) is 2.05. The maximum atomic E-state index is 10.6. The van der Waals surface area contributed by atoms with Crippen molar-refractivity contribution in [2.45, 2.75) is 25.9 Å². The van der Waals surface area contributed by atoms with Crippen LogP contribution in [0.1, 0.15) is 25.1 Å². The summed E-state index contributed by atoms with van der Waals surface area (Å²) in [7, 11) is 0. The number of nitrogens with zero attached hydrogens (tertiary/aromatic N) is 1. The molecule has 2 rings (SSSR count). The molecule has 15 heavy (non-hydrogen) atoms. The van der Waals surface area contributed by atoms with Crippen LogP contribution in [0.2, 0.25) is 0 Å². The van der Waals surface area contributed by atoms with Gasteiger partial charge < -0.3 is 10.8 Å². The number of thioether (sulfide) groups is 1. The van der Waals surface area contributed by atoms with Crippen molar-refractivity contribution in [3.63, 3.8) is 0 Å². The molecule has 1 aromatic rings. The smallest absolute Gasteiger partial charge is 0.180 e. The lowest BCUT2D eigenvalue weighted by Gasteiger charge is -2.40. The number of hydrogen-bond acceptors (Lipinski definition) is 5. The predicted octanol–water partition coefficient (Wildman–Crippen LogP) is 2.08. The van der Waals surface area contributed by atoms with Crippen LogP contribution in [0, 0.1) is 5.41 Å². The van der Waals surface area contributed by atoms with E-state index in [4.69, 9.17) is 5.73 Å². The number of nitrogens with two attached hydrogens (primary N) is 1. The van der Waals surface area contributed by atoms with E-state index in [1.165, 1.54) is 11.3 Å². The van der Waals surface area contributed by atoms with Gasteiger partial charge in [-0.05, 0) is 17.6 Å². The highest BCUT2D eigenvalue weighted by molar-refractivity contribution is 7.99. The van der Waals surface area contributed by atoms with Gasteiger partial charge in [0.25, 0.3) is 0 Å². The Morgan fingerprint density at radius 2 is 2.20 bits per heavy atom. The summed E-state index contributed by atoms with van der Waals surface area (Å²) >= 11 is 3.20. The number of thiazole rings is 1. The molecule has 1 fully saturated rings. The SMILES string of the molecule is CC1(C)CSCC(O)(c2cnc(N)s2)C1. The Bertz CT molecular complexity index is 364. The fraction of sp³-hybridized carbons (Fsp3) is 0.700. The molecule has 1 saturated heterocycles. The maximum Gasteiger partial charge on any atom is 0.180 e. The van der Waals surface area contributed by atoms with Crippen LogP contribution in [-0.4, -0.2) is 21.6 Å². The Morgan fingerprint density at radius 1 is 1.47 bits per heavy atom. The van der Waals surface area contributed by atoms with Crippen LogP contribution in [0.25, 0.3) is 0 Å². The quantitative estimate of drug-likeness (QED) is 0.794. The number of aliphatic hydroxyl groups is 1. The van der Waals surface area contributed by atoms with Crippen molar-refractivity contribution < 1.29 is 5.11 Å². The molecule has 3 N–H and O–H groups in total. The van der Waals surface area contributed by atoms with E-state index in [1.54, 1.807) is 18.0 Å². The zero-order valence-electron chi connectivity index (χ0n) is 8.99. The van der Waals surface area contributed by atoms with Gasteiger partial charge in [-0.3, -0.25) is 0 Å². The molecule has 1 unspecified atom stereocenters. The molecule has 0 bridgehead atoms. The van der Waals surface area contributed by atoms with Crippen LogP contribution < -0.4 is 5.73 Å². The number of hydrogen-bond donors (Lipinski definition) is 2. The van der Waals surface area contributed by atoms with Crippen LogP contribution in [0.3, 0.4) is 0 Å². The highest BCUT2D eigenvalue weighted by atomic mass is 32.2. The van der Waals surface area contributed by atoms with Crippen LogP contribution >= 0.6 is 23.1 Å². The van der Waals surface area contributed by atoms with Crippen molar-refractivity contribution in [1.29, 1.82) is 0 Å². The Hall–Kier alpha value is -0.260. The third kappa shape index (κ3) is 2.29. The van der Waals surface area contributed by atoms with Gasteiger partial charge in [-0.25, -0.2) is 4.98 Å². The second-order valence-corrected chi connectivity index (χ2v) is 6.98. The first-order valence-corrected chi connectivity index (χ1v) is 6.90. The first-order chi connectivity index (χ1) is 6.91. The van der Waals surface area contributed by atoms with Crippen molar-refractivity contribution in [2.75, 3.05) is 17.2 Å². The Kier molecular flexibility index (Phi) is 2.73. The van der Waals surface area contributed by atoms with Gasteiger partial charge in [-0.2, -0.15) is 11.8 Å². The molecule has 0 radical (unpaired) electrons. The predicted molar refractivity (Wildman–Crippen MR) is 66.1 cm³/mol. The molecule has 3 nitrogen and oxygen atoms in total. The molecule has 0 aliphatic carbocycles. The lowest BCUT2D eigenvalue weighted by atomic mass is 9.81. The lowest BCUT2D eigenvalue weighted by molar-refractivity contribution is 0.0188. The standard InChI is InChI=1S/C10H16N2OS2/c1-9(2)4-10(13,6-14-5-9)7-3-12-8(11)15-7/h3,13H,4-6H2,1-2H3,(H2,11,12). The lowest BCUT2D eigenvalue weighted by Crippen LogP contribution is -2.39. The minimum absolute atomic E-state index is 0.177. The third-order valence-electron chi connectivity index (χ3n) is 2.59. The molecular weight excluding hydrogens is 228 g/mol. The van der Waals surface area contributed by atoms with Crippen molar-refractivity contribution in [2.24, 2.45) is 5.41 Å². The monoisotopic (exact) mass is 244 g/mol. The Labute approximate surface area is 98.1 Å². The van der Waals surface area contributed by atoms with Gasteiger partial charge in [0.05, 0.1) is 4.88 Å². The molecule has 0 amide bonds. The third-order valence-corrected chi connectivity index (χ3v) is 5.27. The van der Waals surface area contributed by atoms with Gasteiger partial charge in [0.2, 0.25) is 0 Å². The number of aromatic nitrogens is 1. The first kappa shape index (κ1) is 11.2. The first-order valence-electron chi connectivity index (χ1n) is 4.93. The van der Waals surface area contributed by atoms with E-state index in [-0.39, 0.29) is 5.41 Å². The summed E-state index contributed by atoms with van der Waals surface area (Å²) in [6.07, 6.45) is 2.50. The van der Waals surface area contributed by atoms with E-state index in [0.717, 1.165) is 22.8 Å². The van der Waals surface area contributed by atoms with E-state index in [0.29, 0.717) is 5.13 Å². The van der Waals surface area contributed by atoms with Gasteiger partial charge in [0.1, 0.15) is 5.60 Å². The summed E-state index contributed by atoms with van der Waals surface area (Å²) in [5.74, 6) is 1.85. The van der Waals surface area contributed by atoms with Crippen LogP contribution in [0.15, 0.2) is 6.20 Å². The molecular formula is C10H16N2OS2. The Morgan fingerprint density at radius 3 is 2.73 bits per heavy atom. The largest absolute Gasteiger partial charge is 0.383 e. The average molecular weight is 244 g/mol. The molecule has 1 aromatic heterocycles. The van der Waals surface area contributed by atoms with Gasteiger partial charge in [-0.15, -0.1) is 0 Å². The molecule has 84 valence electrons. The zero-order valence-corrected chi connectivity index (χ0v) is 10.6. The summed E-state index contributed by atoms with van der Waals surface area (Å²) in [4.78, 5) is 4.91. The molecule has 0 saturated carbocycles. The van der Waals surface area contributed by atoms with E-state index in [2.05, 4.69) is 18.8 Å². The fourth-order valence-corrected chi connectivity index (χ4v) is 4.26. The maximum absolute atomic E-state index is 10.6. The summed E-state index contributed by atoms with van der Waals surface area (Å²) in [6, 6.07) is 0. The van der Waals surface area contributed by atoms with E-state index < -0.39 is 5.60 Å². The highest BCUT2D eigenvalue weighted by Crippen LogP contribution is 2.45. The highest BCUT2D eigenvalue weighted by Gasteiger charge is 2.41. The van der Waals surface area contributed by atoms with Crippen molar-refractivity contribution >= 4 is 28.2 Å². The molecule has 1 aliphatic rings. The second-order valence-electron chi connectivity index (χ2n) is 4.93. The molecule has 1 aliphatic heterocycles. The minimum atomic E-state index is -0.734. The summed E-state index contributed by atoms with van der Waals surface area (Å²) in [6.45, 7) is 4.38.